The van der Waals surface area contributed by atoms with E-state index in [-0.39, 0.29) is 80.4 Å². The third kappa shape index (κ3) is 62.7. The van der Waals surface area contributed by atoms with Crippen LogP contribution in [0.3, 0.4) is 0 Å². The molecule has 11 rings (SSSR count). The van der Waals surface area contributed by atoms with Gasteiger partial charge in [-0.25, -0.2) is 0 Å². The largest absolute Gasteiger partial charge is 0.392 e. The van der Waals surface area contributed by atoms with Crippen molar-refractivity contribution in [3.8, 4) is 0 Å². The van der Waals surface area contributed by atoms with Gasteiger partial charge < -0.3 is 148 Å². The molecule has 11 heterocycles. The molecule has 0 aromatic carbocycles. The molecule has 11 aliphatic heterocycles. The van der Waals surface area contributed by atoms with Crippen molar-refractivity contribution in [2.75, 3.05) is 162 Å². The molecule has 10 unspecified atom stereocenters. The van der Waals surface area contributed by atoms with Crippen molar-refractivity contribution in [1.29, 1.82) is 0 Å². The summed E-state index contributed by atoms with van der Waals surface area (Å²) in [6, 6.07) is 0.562. The van der Waals surface area contributed by atoms with Gasteiger partial charge in [-0.15, -0.1) is 47.0 Å². The zero-order chi connectivity index (χ0) is 108. The summed E-state index contributed by atoms with van der Waals surface area (Å²) >= 11 is 8.41. The average molecular weight is 2110 g/mol. The zero-order valence-electron chi connectivity index (χ0n) is 96.6. The zero-order valence-corrected chi connectivity index (χ0v) is 99.8. The van der Waals surface area contributed by atoms with E-state index in [1.54, 1.807) is 6.92 Å². The second-order valence-corrected chi connectivity index (χ2v) is 54.0. The molecule has 0 radical (unpaired) electrons. The van der Waals surface area contributed by atoms with E-state index in [1.165, 1.54) is 100 Å². The van der Waals surface area contributed by atoms with Gasteiger partial charge in [0.25, 0.3) is 0 Å². The average Bonchev–Trinajstić information content (AvgIpc) is 1.56. The topological polar surface area (TPSA) is 447 Å². The van der Waals surface area contributed by atoms with E-state index in [1.807, 2.05) is 96.9 Å². The number of ether oxygens (including phenoxy) is 18. The Morgan fingerprint density at radius 2 is 0.796 bits per heavy atom. The number of thioether (sulfide) groups is 4. The number of aliphatic hydroxyl groups is 1. The predicted octanol–water partition coefficient (Wildman–Crippen LogP) is 19.9. The number of aliphatic hydroxyl groups excluding tert-OH is 1. The van der Waals surface area contributed by atoms with E-state index in [4.69, 9.17) is 143 Å². The van der Waals surface area contributed by atoms with Crippen LogP contribution in [-0.4, -0.2) is 274 Å². The number of hydrogen-bond donors (Lipinski definition) is 11. The highest BCUT2D eigenvalue weighted by Gasteiger charge is 2.45. The summed E-state index contributed by atoms with van der Waals surface area (Å²) in [5, 5.41) is 9.47. The molecule has 11 aliphatic rings. The Labute approximate surface area is 886 Å². The molecule has 0 saturated carbocycles. The lowest BCUT2D eigenvalue weighted by molar-refractivity contribution is -0.292. The van der Waals surface area contributed by atoms with Gasteiger partial charge in [-0.3, -0.25) is 0 Å². The van der Waals surface area contributed by atoms with E-state index in [2.05, 4.69) is 151 Å². The van der Waals surface area contributed by atoms with E-state index < -0.39 is 29.3 Å². The molecule has 0 bridgehead atoms. The van der Waals surface area contributed by atoms with E-state index >= 15 is 0 Å². The first-order chi connectivity index (χ1) is 65.9. The van der Waals surface area contributed by atoms with Crippen LogP contribution in [-0.2, 0) is 85.3 Å². The number of hydrogen-bond acceptors (Lipinski definition) is 33. The molecular formula is C109H228N10O19S4. The maximum atomic E-state index is 9.47. The lowest BCUT2D eigenvalue weighted by atomic mass is 9.85. The van der Waals surface area contributed by atoms with Gasteiger partial charge in [0.05, 0.1) is 133 Å². The predicted molar refractivity (Wildman–Crippen MR) is 596 cm³/mol. The second kappa shape index (κ2) is 70.0. The van der Waals surface area contributed by atoms with Crippen molar-refractivity contribution in [1.82, 2.24) is 0 Å². The molecule has 11 saturated heterocycles. The molecule has 142 heavy (non-hydrogen) atoms. The molecule has 21 N–H and O–H groups in total. The second-order valence-electron chi connectivity index (χ2n) is 47.1. The van der Waals surface area contributed by atoms with Crippen LogP contribution in [0.25, 0.3) is 0 Å². The van der Waals surface area contributed by atoms with Gasteiger partial charge in [0, 0.05) is 96.9 Å². The molecule has 11 fully saturated rings. The van der Waals surface area contributed by atoms with Crippen LogP contribution in [0, 0.1) is 34.0 Å². The van der Waals surface area contributed by atoms with E-state index in [0.717, 1.165) is 182 Å². The Balaban J connectivity index is 0.000000782. The maximum absolute atomic E-state index is 9.47. The highest BCUT2D eigenvalue weighted by atomic mass is 32.2. The smallest absolute Gasteiger partial charge is 0.169 e. The molecule has 0 amide bonds. The summed E-state index contributed by atoms with van der Waals surface area (Å²) in [5.74, 6) is 2.99. The van der Waals surface area contributed by atoms with Gasteiger partial charge in [0.1, 0.15) is 0 Å². The molecule has 0 spiro atoms. The van der Waals surface area contributed by atoms with Crippen molar-refractivity contribution in [3.63, 3.8) is 0 Å². The fourth-order valence-corrected chi connectivity index (χ4v) is 23.7. The lowest BCUT2D eigenvalue weighted by Gasteiger charge is -2.41. The van der Waals surface area contributed by atoms with Crippen LogP contribution in [0.5, 0.6) is 0 Å². The van der Waals surface area contributed by atoms with Crippen molar-refractivity contribution in [2.45, 2.75) is 502 Å². The highest BCUT2D eigenvalue weighted by molar-refractivity contribution is 8.19. The molecule has 0 aliphatic carbocycles. The van der Waals surface area contributed by atoms with Crippen LogP contribution < -0.4 is 57.3 Å². The molecule has 29 nitrogen and oxygen atoms in total. The van der Waals surface area contributed by atoms with E-state index in [9.17, 15) is 5.11 Å². The van der Waals surface area contributed by atoms with Gasteiger partial charge in [-0.1, -0.05) is 122 Å². The Bertz CT molecular complexity index is 3070. The SMILES string of the molecule is CC(C)(N)CC1(C)OCCO1.CC(C)(N)CCC1(C)OCCO1.CC(N)C(C)C1(C)OCCCO1.CC(N)C(O)CCC1(C)OCCO1.CC1(CC(N)C(C)(C)C)SCCCS1.CC1(CCCCCCCN)OCCO1.CC1(CCCN)SCCCS1.CC1COC(C)(CC(C)(C)CN)O1.CCC(CCCN)C1(C)OCCO1.CCCC(N)CCCC1(C)OCC(C)(C)CO1.CCCCC(C)C1(C)OCCO1. The number of rotatable bonds is 41. The van der Waals surface area contributed by atoms with E-state index in [0.29, 0.717) is 97.7 Å². The van der Waals surface area contributed by atoms with Crippen molar-refractivity contribution < 1.29 is 90.4 Å². The van der Waals surface area contributed by atoms with Crippen molar-refractivity contribution in [3.05, 3.63) is 0 Å². The van der Waals surface area contributed by atoms with Gasteiger partial charge >= 0.3 is 0 Å². The summed E-state index contributed by atoms with van der Waals surface area (Å²) in [6.07, 6.45) is 31.3. The quantitative estimate of drug-likeness (QED) is 0.0253. The first kappa shape index (κ1) is 140. The third-order valence-electron chi connectivity index (χ3n) is 27.8. The summed E-state index contributed by atoms with van der Waals surface area (Å²) < 4.78 is 101. The highest BCUT2D eigenvalue weighted by Crippen LogP contribution is 2.48. The third-order valence-corrected chi connectivity index (χ3v) is 34.4. The Morgan fingerprint density at radius 1 is 0.373 bits per heavy atom. The standard InChI is InChI=1S/C14H29NO2.C11H23NO2.C11H23NS2.2C10H21NO2.C10H20O2.C9H19NO3.2C9H19NO2.C8H17NO2.C8H17NS2/c1-5-7-12(15)8-6-9-14(4)16-10-13(2,3)11-17-14;1-11(13-9-10-14-11)7-5-3-2-4-6-8-12;1-10(2,3)9(12)8-11(4)13-6-5-7-14-11;1-8-5-12-10(4,13-8)6-9(2,3)7-11;1-3-9(5-4-6-11)10(2)12-7-8-13-10;1-4-5-6-9(2)10(3)11-7-8-12-10;1-7(10)8(11)3-4-9(2)12-5-6-13-9;1-8(2,10)4-5-9(3)11-6-7-12-9;1-7(8(2)10)9(3)11-5-4-6-12-9;1-7(2,9)6-8(3)10-4-5-11-8;1-8(4-2-5-9)10-6-3-7-11-8/h12H,5-11,15H2,1-4H3;2-10,12H2,1H3;9H,5-8,12H2,1-4H3;8H,5-7,11H2,1-4H3;9H,3-8,11H2,1-2H3;9H,4-8H2,1-3H3;7-8,11H,3-6,10H2,1-2H3;4-7,10H2,1-3H3;7-8H,4-6,10H2,1-3H3;4-6,9H2,1-3H3;2-7,9H2,1H3. The molecular weight excluding hydrogens is 1880 g/mol. The molecule has 0 aromatic rings. The first-order valence-corrected chi connectivity index (χ1v) is 59.1. The molecule has 33 heteroatoms. The van der Waals surface area contributed by atoms with Crippen LogP contribution in [0.2, 0.25) is 0 Å². The van der Waals surface area contributed by atoms with Gasteiger partial charge in [-0.05, 0) is 294 Å². The van der Waals surface area contributed by atoms with Crippen LogP contribution in [0.15, 0.2) is 0 Å². The van der Waals surface area contributed by atoms with Crippen LogP contribution >= 0.6 is 47.0 Å². The fourth-order valence-electron chi connectivity index (χ4n) is 17.6. The normalized spacial score (nSPS) is 25.1. The van der Waals surface area contributed by atoms with Crippen molar-refractivity contribution in [2.24, 2.45) is 91.3 Å². The fraction of sp³-hybridized carbons (Fsp3) is 1.00. The minimum absolute atomic E-state index is 0.0822. The minimum atomic E-state index is -0.504. The van der Waals surface area contributed by atoms with Gasteiger partial charge in [0.2, 0.25) is 0 Å². The van der Waals surface area contributed by atoms with Crippen LogP contribution in [0.4, 0.5) is 0 Å². The summed E-state index contributed by atoms with van der Waals surface area (Å²) in [4.78, 5) is 0. The van der Waals surface area contributed by atoms with Gasteiger partial charge in [0.15, 0.2) is 52.1 Å². The lowest BCUT2D eigenvalue weighted by Crippen LogP contribution is -2.49. The molecule has 10 atom stereocenters. The summed E-state index contributed by atoms with van der Waals surface area (Å²) in [6.45, 7) is 78.1. The van der Waals surface area contributed by atoms with Gasteiger partial charge in [-0.2, -0.15) is 0 Å². The minimum Gasteiger partial charge on any atom is -0.392 e. The monoisotopic (exact) mass is 2110 g/mol. The van der Waals surface area contributed by atoms with Crippen LogP contribution in [0.1, 0.15) is 394 Å². The molecule has 0 aromatic heterocycles. The number of nitrogens with two attached hydrogens (primary N) is 10. The Hall–Kier alpha value is 0.240. The molecule has 852 valence electrons. The summed E-state index contributed by atoms with van der Waals surface area (Å²) in [5.41, 5.74) is 57.5. The van der Waals surface area contributed by atoms with Crippen molar-refractivity contribution >= 4 is 47.0 Å². The maximum Gasteiger partial charge on any atom is 0.169 e. The number of unbranched alkanes of at least 4 members (excludes halogenated alkanes) is 5. The Morgan fingerprint density at radius 3 is 1.21 bits per heavy atom. The first-order valence-electron chi connectivity index (χ1n) is 55.1. The Kier molecular flexibility index (Phi) is 69.1. The summed E-state index contributed by atoms with van der Waals surface area (Å²) in [7, 11) is 0.